The van der Waals surface area contributed by atoms with E-state index in [2.05, 4.69) is 15.3 Å². The lowest BCUT2D eigenvalue weighted by Crippen LogP contribution is -2.25. The maximum absolute atomic E-state index is 12.8. The molecular weight excluding hydrogens is 418 g/mol. The van der Waals surface area contributed by atoms with Crippen LogP contribution in [0.4, 0.5) is 5.82 Å². The molecule has 2 N–H and O–H groups in total. The summed E-state index contributed by atoms with van der Waals surface area (Å²) < 4.78 is 6.93. The Labute approximate surface area is 190 Å². The molecule has 1 aliphatic heterocycles. The highest BCUT2D eigenvalue weighted by Gasteiger charge is 2.35. The zero-order valence-corrected chi connectivity index (χ0v) is 18.5. The number of hydrogen-bond donors (Lipinski definition) is 2. The average Bonchev–Trinajstić information content (AvgIpc) is 3.18. The van der Waals surface area contributed by atoms with Gasteiger partial charge in [-0.15, -0.1) is 0 Å². The van der Waals surface area contributed by atoms with E-state index in [0.717, 1.165) is 33.8 Å². The number of fused-ring (bicyclic) bond motifs is 1. The maximum atomic E-state index is 12.8. The Hall–Kier alpha value is -4.20. The first-order valence-electron chi connectivity index (χ1n) is 10.6. The monoisotopic (exact) mass is 441 g/mol. The third-order valence-corrected chi connectivity index (χ3v) is 5.73. The SMILES string of the molecule is COc1cc([C@@H]2CC(=O)Nc3c2c(-c2ccccc2)nn3-c2nc(C)cc(C)n2)ccc1O. The molecule has 2 aromatic heterocycles. The van der Waals surface area contributed by atoms with Crippen molar-refractivity contribution in [2.24, 2.45) is 0 Å². The standard InChI is InChI=1S/C25H23N5O3/c1-14-11-15(2)27-25(26-14)30-24-22(23(29-30)16-7-5-4-6-8-16)18(13-21(32)28-24)17-9-10-19(31)20(12-17)33-3/h4-12,18,31H,13H2,1-3H3,(H,28,32)/t18-/m0/s1. The number of aromatic nitrogens is 4. The molecule has 0 unspecified atom stereocenters. The van der Waals surface area contributed by atoms with Gasteiger partial charge in [0, 0.05) is 34.9 Å². The number of hydrogen-bond acceptors (Lipinski definition) is 6. The summed E-state index contributed by atoms with van der Waals surface area (Å²) in [6, 6.07) is 16.9. The topological polar surface area (TPSA) is 102 Å². The highest BCUT2D eigenvalue weighted by Crippen LogP contribution is 2.45. The fourth-order valence-electron chi connectivity index (χ4n) is 4.30. The molecule has 8 heteroatoms. The zero-order chi connectivity index (χ0) is 23.1. The van der Waals surface area contributed by atoms with E-state index in [9.17, 15) is 9.90 Å². The Morgan fingerprint density at radius 1 is 1.06 bits per heavy atom. The van der Waals surface area contributed by atoms with E-state index in [1.165, 1.54) is 7.11 Å². The molecule has 2 aromatic carbocycles. The van der Waals surface area contributed by atoms with Crippen LogP contribution < -0.4 is 10.1 Å². The lowest BCUT2D eigenvalue weighted by molar-refractivity contribution is -0.116. The van der Waals surface area contributed by atoms with Crippen LogP contribution in [0.3, 0.4) is 0 Å². The van der Waals surface area contributed by atoms with Crippen molar-refractivity contribution in [3.8, 4) is 28.7 Å². The van der Waals surface area contributed by atoms with E-state index in [0.29, 0.717) is 17.5 Å². The molecule has 1 atom stereocenters. The summed E-state index contributed by atoms with van der Waals surface area (Å²) >= 11 is 0. The predicted octanol–water partition coefficient (Wildman–Crippen LogP) is 4.13. The van der Waals surface area contributed by atoms with Crippen LogP contribution in [0, 0.1) is 13.8 Å². The molecule has 0 spiro atoms. The number of carbonyl (C=O) groups is 1. The minimum atomic E-state index is -0.293. The number of amides is 1. The number of nitrogens with zero attached hydrogens (tertiary/aromatic N) is 4. The summed E-state index contributed by atoms with van der Waals surface area (Å²) in [5.74, 6) is 0.917. The molecule has 0 saturated heterocycles. The number of phenols is 1. The van der Waals surface area contributed by atoms with Crippen LogP contribution in [0.1, 0.15) is 34.9 Å². The largest absolute Gasteiger partial charge is 0.504 e. The summed E-state index contributed by atoms with van der Waals surface area (Å²) in [4.78, 5) is 22.0. The van der Waals surface area contributed by atoms with E-state index in [1.54, 1.807) is 16.8 Å². The first kappa shape index (κ1) is 20.7. The number of aromatic hydroxyl groups is 1. The van der Waals surface area contributed by atoms with Crippen LogP contribution >= 0.6 is 0 Å². The van der Waals surface area contributed by atoms with E-state index in [1.807, 2.05) is 56.3 Å². The van der Waals surface area contributed by atoms with Crippen molar-refractivity contribution in [3.05, 3.63) is 77.1 Å². The third kappa shape index (κ3) is 3.69. The molecule has 3 heterocycles. The highest BCUT2D eigenvalue weighted by atomic mass is 16.5. The van der Waals surface area contributed by atoms with Gasteiger partial charge < -0.3 is 15.2 Å². The molecule has 1 amide bonds. The van der Waals surface area contributed by atoms with E-state index in [-0.39, 0.29) is 24.0 Å². The van der Waals surface area contributed by atoms with Crippen molar-refractivity contribution < 1.29 is 14.6 Å². The summed E-state index contributed by atoms with van der Waals surface area (Å²) in [6.45, 7) is 3.80. The molecule has 5 rings (SSSR count). The number of nitrogens with one attached hydrogen (secondary N) is 1. The van der Waals surface area contributed by atoms with Gasteiger partial charge in [-0.05, 0) is 37.6 Å². The molecule has 4 aromatic rings. The fraction of sp³-hybridized carbons (Fsp3) is 0.200. The van der Waals surface area contributed by atoms with Crippen LogP contribution in [0.2, 0.25) is 0 Å². The first-order chi connectivity index (χ1) is 15.9. The quantitative estimate of drug-likeness (QED) is 0.494. The van der Waals surface area contributed by atoms with Crippen molar-refractivity contribution >= 4 is 11.7 Å². The molecule has 8 nitrogen and oxygen atoms in total. The molecule has 33 heavy (non-hydrogen) atoms. The van der Waals surface area contributed by atoms with Gasteiger partial charge in [0.15, 0.2) is 11.5 Å². The molecule has 0 saturated carbocycles. The second-order valence-corrected chi connectivity index (χ2v) is 8.08. The lowest BCUT2D eigenvalue weighted by Gasteiger charge is -2.25. The van der Waals surface area contributed by atoms with Crippen LogP contribution in [-0.4, -0.2) is 37.9 Å². The molecule has 0 fully saturated rings. The van der Waals surface area contributed by atoms with Gasteiger partial charge in [-0.1, -0.05) is 36.4 Å². The van der Waals surface area contributed by atoms with Crippen LogP contribution in [-0.2, 0) is 4.79 Å². The number of rotatable bonds is 4. The molecule has 0 aliphatic carbocycles. The number of anilines is 1. The summed E-state index contributed by atoms with van der Waals surface area (Å²) in [5.41, 5.74) is 5.00. The molecule has 0 bridgehead atoms. The molecule has 166 valence electrons. The number of phenolic OH excluding ortho intramolecular Hbond substituents is 1. The second-order valence-electron chi connectivity index (χ2n) is 8.08. The number of ether oxygens (including phenoxy) is 1. The molecule has 0 radical (unpaired) electrons. The van der Waals surface area contributed by atoms with Gasteiger partial charge in [-0.2, -0.15) is 9.78 Å². The number of aryl methyl sites for hydroxylation is 2. The Morgan fingerprint density at radius 3 is 2.48 bits per heavy atom. The van der Waals surface area contributed by atoms with Gasteiger partial charge in [-0.25, -0.2) is 9.97 Å². The Bertz CT molecular complexity index is 1340. The normalized spacial score (nSPS) is 15.1. The van der Waals surface area contributed by atoms with Gasteiger partial charge in [0.05, 0.1) is 12.8 Å². The third-order valence-electron chi connectivity index (χ3n) is 5.73. The predicted molar refractivity (Wildman–Crippen MR) is 124 cm³/mol. The van der Waals surface area contributed by atoms with E-state index in [4.69, 9.17) is 9.84 Å². The van der Waals surface area contributed by atoms with E-state index < -0.39 is 0 Å². The smallest absolute Gasteiger partial charge is 0.252 e. The van der Waals surface area contributed by atoms with Crippen LogP contribution in [0.25, 0.3) is 17.2 Å². The summed E-state index contributed by atoms with van der Waals surface area (Å²) in [5, 5.41) is 18.0. The van der Waals surface area contributed by atoms with Gasteiger partial charge in [0.2, 0.25) is 5.91 Å². The Balaban J connectivity index is 1.78. The van der Waals surface area contributed by atoms with Gasteiger partial charge >= 0.3 is 0 Å². The number of benzene rings is 2. The fourth-order valence-corrected chi connectivity index (χ4v) is 4.30. The van der Waals surface area contributed by atoms with E-state index >= 15 is 0 Å². The summed E-state index contributed by atoms with van der Waals surface area (Å²) in [6.07, 6.45) is 0.236. The number of carbonyl (C=O) groups excluding carboxylic acids is 1. The Kier molecular flexibility index (Phi) is 5.05. The van der Waals surface area contributed by atoms with Crippen molar-refractivity contribution in [2.45, 2.75) is 26.2 Å². The maximum Gasteiger partial charge on any atom is 0.252 e. The molecular formula is C25H23N5O3. The van der Waals surface area contributed by atoms with Gasteiger partial charge in [0.1, 0.15) is 5.82 Å². The van der Waals surface area contributed by atoms with Crippen molar-refractivity contribution in [1.82, 2.24) is 19.7 Å². The molecule has 1 aliphatic rings. The van der Waals surface area contributed by atoms with Gasteiger partial charge in [0.25, 0.3) is 5.95 Å². The average molecular weight is 441 g/mol. The second kappa shape index (κ2) is 8.05. The minimum Gasteiger partial charge on any atom is -0.504 e. The van der Waals surface area contributed by atoms with Gasteiger partial charge in [-0.3, -0.25) is 4.79 Å². The highest BCUT2D eigenvalue weighted by molar-refractivity contribution is 5.96. The summed E-state index contributed by atoms with van der Waals surface area (Å²) in [7, 11) is 1.50. The van der Waals surface area contributed by atoms with Crippen LogP contribution in [0.5, 0.6) is 11.5 Å². The lowest BCUT2D eigenvalue weighted by atomic mass is 9.84. The van der Waals surface area contributed by atoms with Crippen molar-refractivity contribution in [2.75, 3.05) is 12.4 Å². The first-order valence-corrected chi connectivity index (χ1v) is 10.6. The van der Waals surface area contributed by atoms with Crippen LogP contribution in [0.15, 0.2) is 54.6 Å². The van der Waals surface area contributed by atoms with Crippen molar-refractivity contribution in [3.63, 3.8) is 0 Å². The Morgan fingerprint density at radius 2 is 1.79 bits per heavy atom. The zero-order valence-electron chi connectivity index (χ0n) is 18.5. The minimum absolute atomic E-state index is 0.0457. The van der Waals surface area contributed by atoms with Crippen molar-refractivity contribution in [1.29, 1.82) is 0 Å². The number of methoxy groups -OCH3 is 1.